The van der Waals surface area contributed by atoms with Crippen LogP contribution in [0.2, 0.25) is 5.02 Å². The number of nitrogens with one attached hydrogen (secondary N) is 1. The average molecular weight is 467 g/mol. The monoisotopic (exact) mass is 466 g/mol. The Morgan fingerprint density at radius 1 is 1.06 bits per heavy atom. The first-order valence-electron chi connectivity index (χ1n) is 10.8. The molecule has 6 rings (SSSR count). The van der Waals surface area contributed by atoms with E-state index in [2.05, 4.69) is 16.6 Å². The molecular formula is C28H19ClN2O3. The maximum Gasteiger partial charge on any atom is 0.249 e. The number of ether oxygens (including phenoxy) is 1. The van der Waals surface area contributed by atoms with Crippen LogP contribution in [-0.4, -0.2) is 16.3 Å². The van der Waals surface area contributed by atoms with Crippen molar-refractivity contribution in [3.63, 3.8) is 0 Å². The van der Waals surface area contributed by atoms with Gasteiger partial charge in [-0.3, -0.25) is 9.79 Å². The summed E-state index contributed by atoms with van der Waals surface area (Å²) in [5.74, 6) is 0.651. The van der Waals surface area contributed by atoms with Crippen molar-refractivity contribution in [1.29, 1.82) is 0 Å². The zero-order valence-corrected chi connectivity index (χ0v) is 18.8. The fourth-order valence-corrected chi connectivity index (χ4v) is 4.87. The van der Waals surface area contributed by atoms with Crippen LogP contribution in [0.4, 0.5) is 0 Å². The molecule has 0 amide bonds. The lowest BCUT2D eigenvalue weighted by Crippen LogP contribution is -2.30. The van der Waals surface area contributed by atoms with E-state index < -0.39 is 5.60 Å². The lowest BCUT2D eigenvalue weighted by Gasteiger charge is -2.32. The maximum atomic E-state index is 12.5. The Bertz CT molecular complexity index is 1630. The molecule has 3 heterocycles. The van der Waals surface area contributed by atoms with Gasteiger partial charge in [0, 0.05) is 45.5 Å². The average Bonchev–Trinajstić information content (AvgIpc) is 3.28. The van der Waals surface area contributed by atoms with Gasteiger partial charge in [0.25, 0.3) is 0 Å². The number of aromatic nitrogens is 1. The van der Waals surface area contributed by atoms with Crippen molar-refractivity contribution in [2.24, 2.45) is 4.99 Å². The molecule has 0 radical (unpaired) electrons. The zero-order valence-electron chi connectivity index (χ0n) is 18.0. The standard InChI is InChI=1S/C28H19ClN2O3/c1-16-13-30-14-24(16)28(33)19-5-7-25(29)18(9-19)15-34-21-4-2-3-17(10-21)22-12-27(32)31-26-8-6-20(28)11-23(22)26/h2-14,33H,1,15H2,(H,31,32). The predicted octanol–water partition coefficient (Wildman–Crippen LogP) is 5.50. The topological polar surface area (TPSA) is 74.7 Å². The minimum atomic E-state index is -1.55. The van der Waals surface area contributed by atoms with Crippen LogP contribution in [0, 0.1) is 0 Å². The first-order valence-corrected chi connectivity index (χ1v) is 11.2. The number of H-pyrrole nitrogens is 1. The van der Waals surface area contributed by atoms with Crippen molar-refractivity contribution < 1.29 is 9.84 Å². The van der Waals surface area contributed by atoms with Gasteiger partial charge in [-0.05, 0) is 64.2 Å². The van der Waals surface area contributed by atoms with Crippen LogP contribution in [0.5, 0.6) is 5.75 Å². The van der Waals surface area contributed by atoms with E-state index in [1.807, 2.05) is 48.5 Å². The number of aliphatic hydroxyl groups is 1. The minimum Gasteiger partial charge on any atom is -0.489 e. The van der Waals surface area contributed by atoms with Gasteiger partial charge in [-0.15, -0.1) is 0 Å². The molecule has 6 bridgehead atoms. The number of rotatable bonds is 1. The van der Waals surface area contributed by atoms with E-state index in [9.17, 15) is 9.90 Å². The smallest absolute Gasteiger partial charge is 0.249 e. The van der Waals surface area contributed by atoms with Gasteiger partial charge in [0.2, 0.25) is 5.56 Å². The first kappa shape index (κ1) is 20.7. The highest BCUT2D eigenvalue weighted by molar-refractivity contribution is 6.31. The first-order chi connectivity index (χ1) is 16.4. The summed E-state index contributed by atoms with van der Waals surface area (Å²) in [6.45, 7) is 4.30. The molecule has 6 heteroatoms. The lowest BCUT2D eigenvalue weighted by molar-refractivity contribution is 0.124. The molecule has 0 spiro atoms. The molecule has 2 N–H and O–H groups in total. The molecular weight excluding hydrogens is 448 g/mol. The molecule has 5 nitrogen and oxygen atoms in total. The van der Waals surface area contributed by atoms with Crippen LogP contribution in [0.25, 0.3) is 22.0 Å². The number of halogens is 1. The summed E-state index contributed by atoms with van der Waals surface area (Å²) in [7, 11) is 0. The Morgan fingerprint density at radius 3 is 2.71 bits per heavy atom. The quantitative estimate of drug-likeness (QED) is 0.389. The van der Waals surface area contributed by atoms with Crippen molar-refractivity contribution in [1.82, 2.24) is 4.98 Å². The van der Waals surface area contributed by atoms with Gasteiger partial charge in [0.1, 0.15) is 18.0 Å². The van der Waals surface area contributed by atoms with Gasteiger partial charge >= 0.3 is 0 Å². The number of hydrogen-bond acceptors (Lipinski definition) is 4. The molecule has 4 aromatic rings. The highest BCUT2D eigenvalue weighted by Gasteiger charge is 2.39. The largest absolute Gasteiger partial charge is 0.489 e. The van der Waals surface area contributed by atoms with E-state index in [0.29, 0.717) is 38.6 Å². The van der Waals surface area contributed by atoms with Crippen LogP contribution in [0.1, 0.15) is 16.7 Å². The zero-order chi connectivity index (χ0) is 23.4. The van der Waals surface area contributed by atoms with E-state index in [-0.39, 0.29) is 12.2 Å². The Kier molecular flexibility index (Phi) is 4.59. The molecule has 0 aliphatic carbocycles. The number of fused-ring (bicyclic) bond motifs is 6. The molecule has 3 aromatic carbocycles. The summed E-state index contributed by atoms with van der Waals surface area (Å²) >= 11 is 6.51. The van der Waals surface area contributed by atoms with Crippen LogP contribution in [-0.2, 0) is 12.2 Å². The van der Waals surface area contributed by atoms with E-state index in [1.165, 1.54) is 0 Å². The summed E-state index contributed by atoms with van der Waals surface area (Å²) in [5.41, 5.74) is 3.65. The Balaban J connectivity index is 1.73. The van der Waals surface area contributed by atoms with Crippen molar-refractivity contribution in [3.8, 4) is 16.9 Å². The highest BCUT2D eigenvalue weighted by atomic mass is 35.5. The fourth-order valence-electron chi connectivity index (χ4n) is 4.70. The van der Waals surface area contributed by atoms with Crippen molar-refractivity contribution >= 4 is 28.7 Å². The molecule has 166 valence electrons. The molecule has 0 saturated heterocycles. The number of nitrogens with zero attached hydrogens (tertiary/aromatic N) is 1. The molecule has 1 aromatic heterocycles. The van der Waals surface area contributed by atoms with E-state index in [4.69, 9.17) is 16.3 Å². The summed E-state index contributed by atoms with van der Waals surface area (Å²) < 4.78 is 6.07. The van der Waals surface area contributed by atoms with Gasteiger partial charge in [-0.25, -0.2) is 0 Å². The van der Waals surface area contributed by atoms with E-state index in [1.54, 1.807) is 30.6 Å². The van der Waals surface area contributed by atoms with Gasteiger partial charge < -0.3 is 14.8 Å². The lowest BCUT2D eigenvalue weighted by atomic mass is 9.77. The third kappa shape index (κ3) is 3.13. The molecule has 34 heavy (non-hydrogen) atoms. The molecule has 1 atom stereocenters. The van der Waals surface area contributed by atoms with Crippen LogP contribution in [0.15, 0.2) is 100 Å². The summed E-state index contributed by atoms with van der Waals surface area (Å²) in [4.78, 5) is 19.6. The fraction of sp³-hybridized carbons (Fsp3) is 0.0714. The second-order valence-corrected chi connectivity index (χ2v) is 8.89. The Labute approximate surface area is 200 Å². The number of hydrogen-bond donors (Lipinski definition) is 2. The summed E-state index contributed by atoms with van der Waals surface area (Å²) in [6, 6.07) is 20.1. The molecule has 0 saturated carbocycles. The molecule has 2 aliphatic heterocycles. The number of benzene rings is 3. The van der Waals surface area contributed by atoms with Crippen LogP contribution >= 0.6 is 11.6 Å². The number of pyridine rings is 1. The van der Waals surface area contributed by atoms with Gasteiger partial charge in [0.05, 0.1) is 0 Å². The van der Waals surface area contributed by atoms with E-state index in [0.717, 1.165) is 22.1 Å². The third-order valence-electron chi connectivity index (χ3n) is 6.43. The normalized spacial score (nSPS) is 18.8. The van der Waals surface area contributed by atoms with Crippen molar-refractivity contribution in [3.05, 3.63) is 123 Å². The Hall–Kier alpha value is -3.93. The molecule has 0 fully saturated rings. The molecule has 1 unspecified atom stereocenters. The van der Waals surface area contributed by atoms with Crippen molar-refractivity contribution in [2.45, 2.75) is 12.2 Å². The summed E-state index contributed by atoms with van der Waals surface area (Å²) in [5, 5.41) is 13.7. The minimum absolute atomic E-state index is 0.208. The van der Waals surface area contributed by atoms with Crippen molar-refractivity contribution in [2.75, 3.05) is 0 Å². The third-order valence-corrected chi connectivity index (χ3v) is 6.80. The highest BCUT2D eigenvalue weighted by Crippen LogP contribution is 2.43. The van der Waals surface area contributed by atoms with Gasteiger partial charge in [-0.1, -0.05) is 42.4 Å². The van der Waals surface area contributed by atoms with Gasteiger partial charge in [-0.2, -0.15) is 0 Å². The maximum absolute atomic E-state index is 12.5. The van der Waals surface area contributed by atoms with Gasteiger partial charge in [0.15, 0.2) is 0 Å². The Morgan fingerprint density at radius 2 is 1.88 bits per heavy atom. The van der Waals surface area contributed by atoms with Crippen LogP contribution in [0.3, 0.4) is 0 Å². The predicted molar refractivity (Wildman–Crippen MR) is 135 cm³/mol. The second-order valence-electron chi connectivity index (χ2n) is 8.49. The van der Waals surface area contributed by atoms with E-state index >= 15 is 0 Å². The summed E-state index contributed by atoms with van der Waals surface area (Å²) in [6.07, 6.45) is 3.26. The second kappa shape index (κ2) is 7.55. The molecule has 2 aliphatic rings. The van der Waals surface area contributed by atoms with Crippen LogP contribution < -0.4 is 10.3 Å². The number of aromatic amines is 1. The number of aliphatic imine (C=N–C) groups is 1. The SMILES string of the molecule is C=C1C=NC=C1C1(O)c2ccc(Cl)c(c2)COc2cccc(c2)-c2cc(=O)[nH]c3ccc1cc23.